The molecule has 244 valence electrons. The van der Waals surface area contributed by atoms with Crippen LogP contribution in [0.2, 0.25) is 0 Å². The summed E-state index contributed by atoms with van der Waals surface area (Å²) in [5.74, 6) is -7.35. The molecular weight excluding hydrogens is 632 g/mol. The maximum atomic E-state index is 11.5. The minimum Gasteiger partial charge on any atom is -0.504 e. The molecule has 0 aliphatic rings. The van der Waals surface area contributed by atoms with E-state index in [2.05, 4.69) is 0 Å². The number of rotatable bonds is 4. The van der Waals surface area contributed by atoms with Crippen molar-refractivity contribution >= 4 is 32.3 Å². The first-order chi connectivity index (χ1) is 24.2. The van der Waals surface area contributed by atoms with E-state index in [1.165, 1.54) is 0 Å². The highest BCUT2D eigenvalue weighted by atomic mass is 16.4. The van der Waals surface area contributed by atoms with E-state index >= 15 is 0 Å². The number of benzene rings is 8. The van der Waals surface area contributed by atoms with Gasteiger partial charge in [0.2, 0.25) is 23.0 Å². The van der Waals surface area contributed by atoms with Gasteiger partial charge in [-0.05, 0) is 56.3 Å². The van der Waals surface area contributed by atoms with Crippen molar-refractivity contribution in [2.75, 3.05) is 0 Å². The van der Waals surface area contributed by atoms with Gasteiger partial charge >= 0.3 is 0 Å². The van der Waals surface area contributed by atoms with E-state index in [0.29, 0.717) is 11.1 Å². The molecule has 0 atom stereocenters. The highest BCUT2D eigenvalue weighted by Gasteiger charge is 2.32. The largest absolute Gasteiger partial charge is 0.504 e. The van der Waals surface area contributed by atoms with Gasteiger partial charge in [0.1, 0.15) is 0 Å². The second kappa shape index (κ2) is 11.3. The predicted molar refractivity (Wildman–Crippen MR) is 194 cm³/mol. The van der Waals surface area contributed by atoms with Crippen molar-refractivity contribution in [3.63, 3.8) is 0 Å². The van der Waals surface area contributed by atoms with E-state index < -0.39 is 46.0 Å². The molecule has 0 aliphatic heterocycles. The van der Waals surface area contributed by atoms with Crippen molar-refractivity contribution in [3.05, 3.63) is 121 Å². The summed E-state index contributed by atoms with van der Waals surface area (Å²) in [6.45, 7) is 0. The third kappa shape index (κ3) is 4.47. The Bertz CT molecular complexity index is 2580. The van der Waals surface area contributed by atoms with Crippen LogP contribution in [0.4, 0.5) is 0 Å². The van der Waals surface area contributed by atoms with Crippen LogP contribution in [0.3, 0.4) is 0 Å². The third-order valence-electron chi connectivity index (χ3n) is 9.31. The van der Waals surface area contributed by atoms with Gasteiger partial charge in [-0.25, -0.2) is 0 Å². The molecule has 0 spiro atoms. The van der Waals surface area contributed by atoms with Crippen LogP contribution in [-0.4, -0.2) is 40.9 Å². The second-order valence-electron chi connectivity index (χ2n) is 12.1. The molecule has 0 amide bonds. The van der Waals surface area contributed by atoms with Gasteiger partial charge in [0, 0.05) is 32.7 Å². The van der Waals surface area contributed by atoms with Gasteiger partial charge in [-0.2, -0.15) is 0 Å². The molecule has 0 unspecified atom stereocenters. The summed E-state index contributed by atoms with van der Waals surface area (Å²) < 4.78 is 0. The molecule has 0 heterocycles. The van der Waals surface area contributed by atoms with Crippen LogP contribution in [-0.2, 0) is 0 Å². The lowest BCUT2D eigenvalue weighted by Crippen LogP contribution is -1.95. The molecule has 0 fully saturated rings. The Morgan fingerprint density at radius 2 is 0.620 bits per heavy atom. The van der Waals surface area contributed by atoms with Crippen LogP contribution in [0.25, 0.3) is 76.8 Å². The van der Waals surface area contributed by atoms with Crippen molar-refractivity contribution in [1.29, 1.82) is 0 Å². The molecule has 50 heavy (non-hydrogen) atoms. The van der Waals surface area contributed by atoms with Gasteiger partial charge < -0.3 is 40.9 Å². The molecular formula is C42H28O8. The van der Waals surface area contributed by atoms with Crippen molar-refractivity contribution in [2.24, 2.45) is 0 Å². The number of fused-ring (bicyclic) bond motifs is 3. The molecule has 0 bridgehead atoms. The lowest BCUT2D eigenvalue weighted by Gasteiger charge is -2.22. The summed E-state index contributed by atoms with van der Waals surface area (Å²) in [7, 11) is 0. The van der Waals surface area contributed by atoms with Crippen LogP contribution < -0.4 is 0 Å². The highest BCUT2D eigenvalue weighted by Crippen LogP contribution is 2.61. The summed E-state index contributed by atoms with van der Waals surface area (Å²) in [4.78, 5) is 0. The number of phenols is 8. The topological polar surface area (TPSA) is 162 Å². The average Bonchev–Trinajstić information content (AvgIpc) is 3.16. The van der Waals surface area contributed by atoms with Crippen LogP contribution >= 0.6 is 0 Å². The SMILES string of the molecule is Oc1c(O)c(O)c2c(-c3cccc(-c4ccc5ccccc5c4)c3)c3c(O)c(O)c(O)c(O)c3c(-c3ccc(-c4ccccc4)cc3)c2c1O. The molecule has 0 aliphatic carbocycles. The molecule has 0 saturated carbocycles. The fourth-order valence-electron chi connectivity index (χ4n) is 6.88. The lowest BCUT2D eigenvalue weighted by molar-refractivity contribution is 0.350. The zero-order valence-electron chi connectivity index (χ0n) is 26.1. The van der Waals surface area contributed by atoms with Crippen molar-refractivity contribution < 1.29 is 40.9 Å². The Kier molecular flexibility index (Phi) is 6.83. The predicted octanol–water partition coefficient (Wildman–Crippen LogP) is 9.46. The molecule has 8 nitrogen and oxygen atoms in total. The van der Waals surface area contributed by atoms with E-state index in [9.17, 15) is 40.9 Å². The van der Waals surface area contributed by atoms with Crippen LogP contribution in [0, 0.1) is 0 Å². The summed E-state index contributed by atoms with van der Waals surface area (Å²) in [6, 6.07) is 37.3. The maximum Gasteiger partial charge on any atom is 0.204 e. The van der Waals surface area contributed by atoms with E-state index in [1.807, 2.05) is 78.9 Å². The fraction of sp³-hybridized carbons (Fsp3) is 0. The average molecular weight is 661 g/mol. The maximum absolute atomic E-state index is 11.5. The molecule has 8 N–H and O–H groups in total. The molecule has 8 rings (SSSR count). The van der Waals surface area contributed by atoms with Gasteiger partial charge in [0.05, 0.1) is 0 Å². The summed E-state index contributed by atoms with van der Waals surface area (Å²) in [5.41, 5.74) is 4.00. The zero-order chi connectivity index (χ0) is 34.8. The Hall–Kier alpha value is -7.06. The van der Waals surface area contributed by atoms with E-state index in [4.69, 9.17) is 0 Å². The third-order valence-corrected chi connectivity index (χ3v) is 9.31. The van der Waals surface area contributed by atoms with Crippen molar-refractivity contribution in [1.82, 2.24) is 0 Å². The van der Waals surface area contributed by atoms with Gasteiger partial charge in [0.25, 0.3) is 0 Å². The second-order valence-corrected chi connectivity index (χ2v) is 12.1. The lowest BCUT2D eigenvalue weighted by atomic mass is 9.83. The Balaban J connectivity index is 1.51. The van der Waals surface area contributed by atoms with Crippen LogP contribution in [0.1, 0.15) is 0 Å². The van der Waals surface area contributed by atoms with Crippen molar-refractivity contribution in [2.45, 2.75) is 0 Å². The number of hydrogen-bond donors (Lipinski definition) is 8. The monoisotopic (exact) mass is 660 g/mol. The van der Waals surface area contributed by atoms with Crippen LogP contribution in [0.15, 0.2) is 121 Å². The van der Waals surface area contributed by atoms with Crippen molar-refractivity contribution in [3.8, 4) is 90.5 Å². The summed E-state index contributed by atoms with van der Waals surface area (Å²) in [6.07, 6.45) is 0. The standard InChI is InChI=1S/C42H28O8/c43-35-31-29(24-16-13-23(14-17-24)21-7-2-1-3-8-21)32-34(38(46)42(50)40(48)36(32)44)30(33(31)37(45)41(49)39(35)47)28-12-6-11-26(20-28)27-18-15-22-9-4-5-10-25(22)19-27/h1-20,43-50H. The molecule has 8 aromatic rings. The van der Waals surface area contributed by atoms with Gasteiger partial charge in [-0.3, -0.25) is 0 Å². The Morgan fingerprint density at radius 3 is 1.18 bits per heavy atom. The number of aromatic hydroxyl groups is 8. The molecule has 0 radical (unpaired) electrons. The smallest absolute Gasteiger partial charge is 0.204 e. The highest BCUT2D eigenvalue weighted by molar-refractivity contribution is 6.29. The minimum atomic E-state index is -1.02. The first-order valence-corrected chi connectivity index (χ1v) is 15.7. The first kappa shape index (κ1) is 30.3. The molecule has 8 aromatic carbocycles. The van der Waals surface area contributed by atoms with E-state index in [0.717, 1.165) is 33.0 Å². The molecule has 0 saturated heterocycles. The summed E-state index contributed by atoms with van der Waals surface area (Å²) >= 11 is 0. The zero-order valence-corrected chi connectivity index (χ0v) is 26.1. The molecule has 0 aromatic heterocycles. The van der Waals surface area contributed by atoms with Gasteiger partial charge in [-0.15, -0.1) is 0 Å². The van der Waals surface area contributed by atoms with E-state index in [-0.39, 0.29) is 32.7 Å². The Morgan fingerprint density at radius 1 is 0.240 bits per heavy atom. The van der Waals surface area contributed by atoms with Gasteiger partial charge in [-0.1, -0.05) is 109 Å². The number of phenolic OH excluding ortho intramolecular Hbond substituents is 8. The Labute approximate surface area is 284 Å². The van der Waals surface area contributed by atoms with Crippen LogP contribution in [0.5, 0.6) is 46.0 Å². The quantitative estimate of drug-likeness (QED) is 0.0526. The van der Waals surface area contributed by atoms with E-state index in [1.54, 1.807) is 42.5 Å². The summed E-state index contributed by atoms with van der Waals surface area (Å²) in [5, 5.41) is 90.7. The molecule has 8 heteroatoms. The minimum absolute atomic E-state index is 0.00440. The number of hydrogen-bond acceptors (Lipinski definition) is 8. The normalized spacial score (nSPS) is 11.4. The fourth-order valence-corrected chi connectivity index (χ4v) is 6.88. The van der Waals surface area contributed by atoms with Gasteiger partial charge in [0.15, 0.2) is 23.0 Å². The first-order valence-electron chi connectivity index (χ1n) is 15.7.